The Morgan fingerprint density at radius 3 is 2.62 bits per heavy atom. The molecule has 0 atom stereocenters. The second kappa shape index (κ2) is 6.80. The Labute approximate surface area is 141 Å². The molecule has 0 bridgehead atoms. The summed E-state index contributed by atoms with van der Waals surface area (Å²) < 4.78 is 2.25. The number of nitrogens with one attached hydrogen (secondary N) is 1. The molecule has 0 saturated heterocycles. The standard InChI is InChI=1S/C18H20N6/c1-3-7-19-15(5-1)12-23-9-10-24-13-16(22-18(24)14-23)11-21-17-6-2-4-8-20-17/h1-8,13H,9-12,14H2,(H,20,21). The van der Waals surface area contributed by atoms with Crippen molar-refractivity contribution in [3.63, 3.8) is 0 Å². The van der Waals surface area contributed by atoms with Crippen LogP contribution < -0.4 is 5.32 Å². The Balaban J connectivity index is 1.39. The molecule has 4 heterocycles. The molecule has 1 aliphatic rings. The van der Waals surface area contributed by atoms with Crippen molar-refractivity contribution in [3.8, 4) is 0 Å². The van der Waals surface area contributed by atoms with Crippen molar-refractivity contribution in [1.82, 2.24) is 24.4 Å². The number of anilines is 1. The maximum absolute atomic E-state index is 4.77. The van der Waals surface area contributed by atoms with E-state index in [1.807, 2.05) is 36.5 Å². The Bertz CT molecular complexity index is 784. The second-order valence-electron chi connectivity index (χ2n) is 5.94. The summed E-state index contributed by atoms with van der Waals surface area (Å²) in [5, 5.41) is 3.31. The van der Waals surface area contributed by atoms with Gasteiger partial charge in [-0.15, -0.1) is 0 Å². The summed E-state index contributed by atoms with van der Waals surface area (Å²) in [5.74, 6) is 2.00. The van der Waals surface area contributed by atoms with Gasteiger partial charge in [0.15, 0.2) is 0 Å². The third kappa shape index (κ3) is 3.44. The summed E-state index contributed by atoms with van der Waals surface area (Å²) in [6.07, 6.45) is 5.78. The minimum absolute atomic E-state index is 0.692. The fourth-order valence-electron chi connectivity index (χ4n) is 2.95. The predicted molar refractivity (Wildman–Crippen MR) is 92.1 cm³/mol. The first-order valence-electron chi connectivity index (χ1n) is 8.19. The third-order valence-corrected chi connectivity index (χ3v) is 4.16. The molecule has 3 aromatic heterocycles. The molecule has 1 N–H and O–H groups in total. The van der Waals surface area contributed by atoms with Crippen LogP contribution >= 0.6 is 0 Å². The molecule has 0 unspecified atom stereocenters. The van der Waals surface area contributed by atoms with E-state index in [-0.39, 0.29) is 0 Å². The first-order valence-corrected chi connectivity index (χ1v) is 8.19. The monoisotopic (exact) mass is 320 g/mol. The second-order valence-corrected chi connectivity index (χ2v) is 5.94. The highest BCUT2D eigenvalue weighted by Crippen LogP contribution is 2.15. The van der Waals surface area contributed by atoms with Gasteiger partial charge in [-0.1, -0.05) is 12.1 Å². The first-order chi connectivity index (χ1) is 11.9. The number of pyridine rings is 2. The Kier molecular flexibility index (Phi) is 4.20. The van der Waals surface area contributed by atoms with E-state index >= 15 is 0 Å². The summed E-state index contributed by atoms with van der Waals surface area (Å²) in [7, 11) is 0. The topological polar surface area (TPSA) is 58.9 Å². The van der Waals surface area contributed by atoms with Gasteiger partial charge in [0.2, 0.25) is 0 Å². The van der Waals surface area contributed by atoms with E-state index in [2.05, 4.69) is 37.0 Å². The number of hydrogen-bond acceptors (Lipinski definition) is 5. The Morgan fingerprint density at radius 1 is 0.958 bits per heavy atom. The SMILES string of the molecule is c1ccc(CN2CCn3cc(CNc4ccccn4)nc3C2)nc1. The van der Waals surface area contributed by atoms with Gasteiger partial charge in [0.25, 0.3) is 0 Å². The van der Waals surface area contributed by atoms with Gasteiger partial charge in [0.1, 0.15) is 11.6 Å². The smallest absolute Gasteiger partial charge is 0.126 e. The molecule has 0 aliphatic carbocycles. The highest BCUT2D eigenvalue weighted by atomic mass is 15.2. The highest BCUT2D eigenvalue weighted by Gasteiger charge is 2.18. The first kappa shape index (κ1) is 14.8. The lowest BCUT2D eigenvalue weighted by atomic mass is 10.3. The zero-order valence-corrected chi connectivity index (χ0v) is 13.5. The van der Waals surface area contributed by atoms with Crippen LogP contribution in [-0.2, 0) is 26.2 Å². The molecule has 6 heteroatoms. The van der Waals surface area contributed by atoms with Gasteiger partial charge in [-0.3, -0.25) is 9.88 Å². The number of nitrogens with zero attached hydrogens (tertiary/aromatic N) is 5. The van der Waals surface area contributed by atoms with Crippen molar-refractivity contribution in [3.05, 3.63) is 72.2 Å². The number of fused-ring (bicyclic) bond motifs is 1. The molecule has 6 nitrogen and oxygen atoms in total. The highest BCUT2D eigenvalue weighted by molar-refractivity contribution is 5.33. The Hall–Kier alpha value is -2.73. The summed E-state index contributed by atoms with van der Waals surface area (Å²) in [6, 6.07) is 11.9. The van der Waals surface area contributed by atoms with Crippen molar-refractivity contribution in [2.75, 3.05) is 11.9 Å². The number of hydrogen-bond donors (Lipinski definition) is 1. The average Bonchev–Trinajstić information content (AvgIpc) is 3.04. The summed E-state index contributed by atoms with van der Waals surface area (Å²) in [5.41, 5.74) is 2.16. The fraction of sp³-hybridized carbons (Fsp3) is 0.278. The summed E-state index contributed by atoms with van der Waals surface area (Å²) in [4.78, 5) is 15.8. The van der Waals surface area contributed by atoms with Crippen molar-refractivity contribution >= 4 is 5.82 Å². The van der Waals surface area contributed by atoms with E-state index in [1.165, 1.54) is 0 Å². The quantitative estimate of drug-likeness (QED) is 0.782. The molecule has 0 fully saturated rings. The minimum atomic E-state index is 0.692. The summed E-state index contributed by atoms with van der Waals surface area (Å²) in [6.45, 7) is 4.42. The van der Waals surface area contributed by atoms with Gasteiger partial charge in [0.05, 0.1) is 24.5 Å². The molecule has 0 saturated carbocycles. The van der Waals surface area contributed by atoms with Gasteiger partial charge >= 0.3 is 0 Å². The van der Waals surface area contributed by atoms with E-state index in [0.29, 0.717) is 6.54 Å². The maximum atomic E-state index is 4.77. The van der Waals surface area contributed by atoms with Gasteiger partial charge in [-0.05, 0) is 24.3 Å². The van der Waals surface area contributed by atoms with E-state index in [1.54, 1.807) is 6.20 Å². The van der Waals surface area contributed by atoms with Crippen molar-refractivity contribution in [2.24, 2.45) is 0 Å². The predicted octanol–water partition coefficient (Wildman–Crippen LogP) is 2.30. The van der Waals surface area contributed by atoms with Crippen LogP contribution in [0.3, 0.4) is 0 Å². The van der Waals surface area contributed by atoms with Crippen LogP contribution in [0.2, 0.25) is 0 Å². The number of rotatable bonds is 5. The van der Waals surface area contributed by atoms with Gasteiger partial charge < -0.3 is 9.88 Å². The van der Waals surface area contributed by atoms with E-state index in [9.17, 15) is 0 Å². The molecule has 0 spiro atoms. The van der Waals surface area contributed by atoms with Crippen molar-refractivity contribution in [1.29, 1.82) is 0 Å². The molecule has 1 aliphatic heterocycles. The largest absolute Gasteiger partial charge is 0.364 e. The zero-order valence-electron chi connectivity index (χ0n) is 13.5. The molecule has 4 rings (SSSR count). The lowest BCUT2D eigenvalue weighted by molar-refractivity contribution is 0.206. The molecule has 24 heavy (non-hydrogen) atoms. The van der Waals surface area contributed by atoms with Crippen LogP contribution in [0.4, 0.5) is 5.82 Å². The van der Waals surface area contributed by atoms with E-state index in [0.717, 1.165) is 49.2 Å². The lowest BCUT2D eigenvalue weighted by Gasteiger charge is -2.27. The molecular weight excluding hydrogens is 300 g/mol. The lowest BCUT2D eigenvalue weighted by Crippen LogP contribution is -2.33. The van der Waals surface area contributed by atoms with Crippen LogP contribution in [0.5, 0.6) is 0 Å². The van der Waals surface area contributed by atoms with Crippen LogP contribution in [-0.4, -0.2) is 31.0 Å². The molecular formula is C18H20N6. The molecule has 0 radical (unpaired) electrons. The molecule has 0 amide bonds. The van der Waals surface area contributed by atoms with E-state index in [4.69, 9.17) is 4.98 Å². The normalized spacial score (nSPS) is 14.3. The van der Waals surface area contributed by atoms with Crippen molar-refractivity contribution in [2.45, 2.75) is 26.2 Å². The maximum Gasteiger partial charge on any atom is 0.126 e. The number of imidazole rings is 1. The summed E-state index contributed by atoms with van der Waals surface area (Å²) >= 11 is 0. The molecule has 3 aromatic rings. The molecule has 0 aromatic carbocycles. The van der Waals surface area contributed by atoms with Crippen LogP contribution in [0.25, 0.3) is 0 Å². The van der Waals surface area contributed by atoms with Crippen molar-refractivity contribution < 1.29 is 0 Å². The number of aromatic nitrogens is 4. The van der Waals surface area contributed by atoms with Gasteiger partial charge in [0, 0.05) is 38.2 Å². The van der Waals surface area contributed by atoms with Gasteiger partial charge in [-0.2, -0.15) is 0 Å². The van der Waals surface area contributed by atoms with Gasteiger partial charge in [-0.25, -0.2) is 9.97 Å². The zero-order chi connectivity index (χ0) is 16.2. The van der Waals surface area contributed by atoms with E-state index < -0.39 is 0 Å². The average molecular weight is 320 g/mol. The molecule has 122 valence electrons. The van der Waals surface area contributed by atoms with Crippen LogP contribution in [0.15, 0.2) is 55.0 Å². The minimum Gasteiger partial charge on any atom is -0.364 e. The fourth-order valence-corrected chi connectivity index (χ4v) is 2.95. The Morgan fingerprint density at radius 2 is 1.83 bits per heavy atom. The third-order valence-electron chi connectivity index (χ3n) is 4.16. The van der Waals surface area contributed by atoms with Crippen LogP contribution in [0.1, 0.15) is 17.2 Å². The van der Waals surface area contributed by atoms with Crippen LogP contribution in [0, 0.1) is 0 Å².